The zero-order chi connectivity index (χ0) is 22.0. The van der Waals surface area contributed by atoms with Crippen LogP contribution in [0.2, 0.25) is 0 Å². The highest BCUT2D eigenvalue weighted by Crippen LogP contribution is 2.26. The van der Waals surface area contributed by atoms with Crippen LogP contribution in [-0.2, 0) is 31.0 Å². The van der Waals surface area contributed by atoms with E-state index in [0.29, 0.717) is 50.7 Å². The number of piperidine rings is 1. The van der Waals surface area contributed by atoms with Gasteiger partial charge in [0.05, 0.1) is 36.9 Å². The van der Waals surface area contributed by atoms with E-state index in [9.17, 15) is 13.2 Å². The summed E-state index contributed by atoms with van der Waals surface area (Å²) in [6.45, 7) is 4.60. The molecular weight excluding hydrogens is 442 g/mol. The van der Waals surface area contributed by atoms with E-state index in [4.69, 9.17) is 26.1 Å². The highest BCUT2D eigenvalue weighted by Gasteiger charge is 2.31. The molecule has 0 aliphatic carbocycles. The second kappa shape index (κ2) is 9.37. The van der Waals surface area contributed by atoms with Gasteiger partial charge in [-0.15, -0.1) is 0 Å². The number of hydrogen-bond donors (Lipinski definition) is 0. The monoisotopic (exact) mass is 469 g/mol. The largest absolute Gasteiger partial charge is 0.465 e. The average Bonchev–Trinajstić information content (AvgIpc) is 3.09. The molecule has 0 N–H and O–H groups in total. The van der Waals surface area contributed by atoms with Gasteiger partial charge < -0.3 is 13.9 Å². The molecule has 1 aromatic heterocycles. The van der Waals surface area contributed by atoms with Gasteiger partial charge in [-0.05, 0) is 50.2 Å². The standard InChI is InChI=1S/C20H27N3O6S2/c1-2-28-19(24)16-5-3-4-8-21(16)14-23-17-13-15(6-7-18(17)29-20(23)30)31(25,26)22-9-11-27-12-10-22/h6-7,13,16H,2-5,8-12,14H2,1H3. The molecule has 3 heterocycles. The summed E-state index contributed by atoms with van der Waals surface area (Å²) in [5.41, 5.74) is 1.10. The van der Waals surface area contributed by atoms with Crippen LogP contribution in [-0.4, -0.2) is 73.7 Å². The maximum atomic E-state index is 13.1. The lowest BCUT2D eigenvalue weighted by atomic mass is 10.0. The summed E-state index contributed by atoms with van der Waals surface area (Å²) in [4.78, 5) is 14.9. The quantitative estimate of drug-likeness (QED) is 0.470. The highest BCUT2D eigenvalue weighted by molar-refractivity contribution is 7.89. The van der Waals surface area contributed by atoms with Crippen molar-refractivity contribution in [3.05, 3.63) is 23.0 Å². The van der Waals surface area contributed by atoms with Crippen LogP contribution in [0, 0.1) is 4.84 Å². The number of carbonyl (C=O) groups is 1. The molecule has 1 aromatic carbocycles. The predicted molar refractivity (Wildman–Crippen MR) is 116 cm³/mol. The molecule has 0 bridgehead atoms. The zero-order valence-corrected chi connectivity index (χ0v) is 19.1. The molecular formula is C20H27N3O6S2. The van der Waals surface area contributed by atoms with Crippen molar-refractivity contribution in [1.29, 1.82) is 0 Å². The number of rotatable bonds is 6. The molecule has 170 valence electrons. The first-order chi connectivity index (χ1) is 14.9. The second-order valence-corrected chi connectivity index (χ2v) is 9.95. The Hall–Kier alpha value is -1.79. The van der Waals surface area contributed by atoms with Crippen LogP contribution in [0.15, 0.2) is 27.5 Å². The Morgan fingerprint density at radius 3 is 2.74 bits per heavy atom. The molecule has 2 aromatic rings. The van der Waals surface area contributed by atoms with Crippen LogP contribution in [0.3, 0.4) is 0 Å². The van der Waals surface area contributed by atoms with Crippen molar-refractivity contribution in [2.45, 2.75) is 43.8 Å². The number of likely N-dealkylation sites (tertiary alicyclic amines) is 1. The molecule has 4 rings (SSSR count). The lowest BCUT2D eigenvalue weighted by Gasteiger charge is -2.33. The van der Waals surface area contributed by atoms with E-state index in [1.54, 1.807) is 23.6 Å². The van der Waals surface area contributed by atoms with Gasteiger partial charge in [0.2, 0.25) is 10.0 Å². The van der Waals surface area contributed by atoms with Gasteiger partial charge in [-0.2, -0.15) is 4.31 Å². The minimum absolute atomic E-state index is 0.187. The fourth-order valence-electron chi connectivity index (χ4n) is 4.12. The zero-order valence-electron chi connectivity index (χ0n) is 17.5. The molecule has 9 nitrogen and oxygen atoms in total. The summed E-state index contributed by atoms with van der Waals surface area (Å²) in [6, 6.07) is 4.43. The molecule has 2 aliphatic rings. The predicted octanol–water partition coefficient (Wildman–Crippen LogP) is 2.36. The Kier molecular flexibility index (Phi) is 6.77. The number of esters is 1. The van der Waals surface area contributed by atoms with E-state index in [-0.39, 0.29) is 21.7 Å². The molecule has 11 heteroatoms. The number of benzene rings is 1. The smallest absolute Gasteiger partial charge is 0.323 e. The van der Waals surface area contributed by atoms with E-state index in [0.717, 1.165) is 25.8 Å². The third-order valence-electron chi connectivity index (χ3n) is 5.74. The minimum atomic E-state index is -3.65. The van der Waals surface area contributed by atoms with Crippen LogP contribution >= 0.6 is 12.2 Å². The summed E-state index contributed by atoms with van der Waals surface area (Å²) < 4.78 is 45.6. The molecule has 0 spiro atoms. The van der Waals surface area contributed by atoms with Gasteiger partial charge in [0.25, 0.3) is 4.84 Å². The molecule has 1 atom stereocenters. The van der Waals surface area contributed by atoms with Crippen LogP contribution in [0.25, 0.3) is 11.1 Å². The molecule has 2 aliphatic heterocycles. The number of morpholine rings is 1. The summed E-state index contributed by atoms with van der Waals surface area (Å²) in [7, 11) is -3.65. The number of carbonyl (C=O) groups excluding carboxylic acids is 1. The maximum Gasteiger partial charge on any atom is 0.323 e. The number of sulfonamides is 1. The van der Waals surface area contributed by atoms with Gasteiger partial charge in [-0.25, -0.2) is 8.42 Å². The maximum absolute atomic E-state index is 13.1. The van der Waals surface area contributed by atoms with Crippen molar-refractivity contribution in [1.82, 2.24) is 13.8 Å². The Bertz CT molecular complexity index is 1100. The van der Waals surface area contributed by atoms with Gasteiger partial charge >= 0.3 is 5.97 Å². The van der Waals surface area contributed by atoms with E-state index < -0.39 is 10.0 Å². The Morgan fingerprint density at radius 1 is 1.23 bits per heavy atom. The normalized spacial score (nSPS) is 21.4. The summed E-state index contributed by atoms with van der Waals surface area (Å²) in [5.74, 6) is -0.239. The Balaban J connectivity index is 1.66. The van der Waals surface area contributed by atoms with Crippen molar-refractivity contribution >= 4 is 39.3 Å². The first-order valence-electron chi connectivity index (χ1n) is 10.5. The number of ether oxygens (including phenoxy) is 2. The summed E-state index contributed by atoms with van der Waals surface area (Å²) in [5, 5.41) is 0. The van der Waals surface area contributed by atoms with E-state index in [1.807, 2.05) is 4.90 Å². The third-order valence-corrected chi connectivity index (χ3v) is 7.94. The van der Waals surface area contributed by atoms with E-state index in [1.165, 1.54) is 10.4 Å². The SMILES string of the molecule is CCOC(=O)C1CCCCN1Cn1c(=S)oc2ccc(S(=O)(=O)N3CCOCC3)cc21. The molecule has 0 radical (unpaired) electrons. The first-order valence-corrected chi connectivity index (χ1v) is 12.4. The average molecular weight is 470 g/mol. The highest BCUT2D eigenvalue weighted by atomic mass is 32.2. The van der Waals surface area contributed by atoms with Crippen LogP contribution in [0.4, 0.5) is 0 Å². The molecule has 31 heavy (non-hydrogen) atoms. The van der Waals surface area contributed by atoms with Gasteiger partial charge in [0.15, 0.2) is 5.58 Å². The molecule has 2 fully saturated rings. The van der Waals surface area contributed by atoms with Crippen LogP contribution < -0.4 is 0 Å². The first kappa shape index (κ1) is 22.4. The van der Waals surface area contributed by atoms with Crippen molar-refractivity contribution in [2.24, 2.45) is 0 Å². The summed E-state index contributed by atoms with van der Waals surface area (Å²) >= 11 is 5.42. The van der Waals surface area contributed by atoms with Crippen molar-refractivity contribution in [3.63, 3.8) is 0 Å². The van der Waals surface area contributed by atoms with E-state index >= 15 is 0 Å². The number of hydrogen-bond acceptors (Lipinski definition) is 8. The second-order valence-electron chi connectivity index (χ2n) is 7.66. The molecule has 0 saturated carbocycles. The fourth-order valence-corrected chi connectivity index (χ4v) is 5.79. The number of fused-ring (bicyclic) bond motifs is 1. The van der Waals surface area contributed by atoms with Gasteiger partial charge in [0.1, 0.15) is 6.04 Å². The van der Waals surface area contributed by atoms with Crippen LogP contribution in [0.1, 0.15) is 26.2 Å². The van der Waals surface area contributed by atoms with Crippen molar-refractivity contribution < 1.29 is 27.1 Å². The molecule has 2 saturated heterocycles. The van der Waals surface area contributed by atoms with Crippen LogP contribution in [0.5, 0.6) is 0 Å². The van der Waals surface area contributed by atoms with Gasteiger partial charge in [0, 0.05) is 19.6 Å². The fraction of sp³-hybridized carbons (Fsp3) is 0.600. The summed E-state index contributed by atoms with van der Waals surface area (Å²) in [6.07, 6.45) is 2.65. The van der Waals surface area contributed by atoms with Gasteiger partial charge in [-0.3, -0.25) is 14.3 Å². The Morgan fingerprint density at radius 2 is 2.00 bits per heavy atom. The van der Waals surface area contributed by atoms with Crippen molar-refractivity contribution in [3.8, 4) is 0 Å². The lowest BCUT2D eigenvalue weighted by molar-refractivity contribution is -0.151. The molecule has 0 amide bonds. The number of oxazole rings is 1. The number of aromatic nitrogens is 1. The minimum Gasteiger partial charge on any atom is -0.465 e. The molecule has 1 unspecified atom stereocenters. The van der Waals surface area contributed by atoms with Gasteiger partial charge in [-0.1, -0.05) is 6.42 Å². The van der Waals surface area contributed by atoms with Crippen molar-refractivity contribution in [2.75, 3.05) is 39.5 Å². The number of nitrogens with zero attached hydrogens (tertiary/aromatic N) is 3. The third kappa shape index (κ3) is 4.56. The topological polar surface area (TPSA) is 94.2 Å². The van der Waals surface area contributed by atoms with E-state index in [2.05, 4.69) is 0 Å². The Labute approximate surface area is 186 Å². The lowest BCUT2D eigenvalue weighted by Crippen LogP contribution is -2.46.